The molecule has 0 spiro atoms. The summed E-state index contributed by atoms with van der Waals surface area (Å²) in [5.41, 5.74) is 0.811. The highest BCUT2D eigenvalue weighted by Crippen LogP contribution is 2.38. The summed E-state index contributed by atoms with van der Waals surface area (Å²) < 4.78 is 21.2. The van der Waals surface area contributed by atoms with Gasteiger partial charge in [0.2, 0.25) is 17.4 Å². The number of carbonyl (C=O) groups excluding carboxylic acids is 3. The number of carbonyl (C=O) groups is 3. The lowest BCUT2D eigenvalue weighted by Crippen LogP contribution is -2.24. The predicted octanol–water partition coefficient (Wildman–Crippen LogP) is 3.16. The van der Waals surface area contributed by atoms with E-state index in [1.54, 1.807) is 31.2 Å². The van der Waals surface area contributed by atoms with Gasteiger partial charge in [0.1, 0.15) is 0 Å². The molecule has 1 aromatic heterocycles. The van der Waals surface area contributed by atoms with Gasteiger partial charge in [-0.2, -0.15) is 0 Å². The molecule has 9 heteroatoms. The number of amides is 1. The number of esters is 1. The fourth-order valence-corrected chi connectivity index (χ4v) is 3.82. The number of hydrogen-bond donors (Lipinski definition) is 1. The van der Waals surface area contributed by atoms with Gasteiger partial charge in [0, 0.05) is 18.2 Å². The number of ether oxygens (including phenoxy) is 4. The van der Waals surface area contributed by atoms with Crippen LogP contribution in [0.2, 0.25) is 0 Å². The van der Waals surface area contributed by atoms with Crippen LogP contribution < -0.4 is 19.5 Å². The number of Topliss-reactive ketones (excluding diaryl/α,β-unsaturated/α-hetero) is 1. The van der Waals surface area contributed by atoms with Crippen LogP contribution in [0, 0.1) is 0 Å². The van der Waals surface area contributed by atoms with Gasteiger partial charge < -0.3 is 24.3 Å². The van der Waals surface area contributed by atoms with Crippen LogP contribution in [0.1, 0.15) is 40.4 Å². The van der Waals surface area contributed by atoms with Crippen molar-refractivity contribution in [3.63, 3.8) is 0 Å². The molecule has 1 aromatic carbocycles. The van der Waals surface area contributed by atoms with Crippen LogP contribution in [0.15, 0.2) is 24.3 Å². The molecule has 168 valence electrons. The lowest BCUT2D eigenvalue weighted by molar-refractivity contribution is -0.146. The summed E-state index contributed by atoms with van der Waals surface area (Å²) in [7, 11) is 4.57. The maximum Gasteiger partial charge on any atom is 0.306 e. The summed E-state index contributed by atoms with van der Waals surface area (Å²) in [6.07, 6.45) is -0.426. The second-order valence-corrected chi connectivity index (χ2v) is 7.87. The minimum atomic E-state index is -0.903. The summed E-state index contributed by atoms with van der Waals surface area (Å²) >= 11 is 1.27. The van der Waals surface area contributed by atoms with Crippen molar-refractivity contribution in [2.45, 2.75) is 39.3 Å². The molecule has 0 bridgehead atoms. The number of hydrogen-bond acceptors (Lipinski definition) is 8. The highest BCUT2D eigenvalue weighted by molar-refractivity contribution is 7.14. The van der Waals surface area contributed by atoms with E-state index in [0.717, 1.165) is 10.4 Å². The Morgan fingerprint density at radius 2 is 1.68 bits per heavy atom. The first-order valence-corrected chi connectivity index (χ1v) is 10.5. The van der Waals surface area contributed by atoms with Crippen LogP contribution in [0.4, 0.5) is 0 Å². The molecule has 0 saturated carbocycles. The quantitative estimate of drug-likeness (QED) is 0.415. The van der Waals surface area contributed by atoms with Gasteiger partial charge in [0.25, 0.3) is 0 Å². The van der Waals surface area contributed by atoms with Crippen LogP contribution in [0.3, 0.4) is 0 Å². The molecule has 0 saturated heterocycles. The highest BCUT2D eigenvalue weighted by Gasteiger charge is 2.21. The second-order valence-electron chi connectivity index (χ2n) is 6.71. The Hall–Kier alpha value is -3.07. The van der Waals surface area contributed by atoms with E-state index in [1.807, 2.05) is 0 Å². The molecule has 0 radical (unpaired) electrons. The molecular weight excluding hydrogens is 422 g/mol. The van der Waals surface area contributed by atoms with Crippen molar-refractivity contribution < 1.29 is 33.3 Å². The van der Waals surface area contributed by atoms with E-state index in [4.69, 9.17) is 18.9 Å². The molecule has 31 heavy (non-hydrogen) atoms. The van der Waals surface area contributed by atoms with Crippen LogP contribution in [-0.2, 0) is 27.3 Å². The minimum absolute atomic E-state index is 0.0917. The molecule has 1 heterocycles. The Morgan fingerprint density at radius 3 is 2.23 bits per heavy atom. The van der Waals surface area contributed by atoms with E-state index < -0.39 is 12.1 Å². The Bertz CT molecular complexity index is 913. The standard InChI is InChI=1S/C22H27NO7S/c1-13(21(26)19-8-7-16(31-19)12-23-14(2)24)30-20(25)9-6-15-10-17(27-3)22(29-5)18(11-15)28-4/h7-8,10-11,13H,6,9,12H2,1-5H3,(H,23,24). The summed E-state index contributed by atoms with van der Waals surface area (Å²) in [6.45, 7) is 3.34. The van der Waals surface area contributed by atoms with Gasteiger partial charge >= 0.3 is 5.97 Å². The van der Waals surface area contributed by atoms with Crippen LogP contribution >= 0.6 is 11.3 Å². The lowest BCUT2D eigenvalue weighted by atomic mass is 10.1. The smallest absolute Gasteiger partial charge is 0.306 e. The summed E-state index contributed by atoms with van der Waals surface area (Å²) in [5.74, 6) is 0.577. The molecule has 0 aliphatic heterocycles. The Kier molecular flexibility index (Phi) is 8.87. The van der Waals surface area contributed by atoms with Crippen molar-refractivity contribution in [3.05, 3.63) is 39.6 Å². The first kappa shape index (κ1) is 24.2. The number of ketones is 1. The average molecular weight is 450 g/mol. The SMILES string of the molecule is COc1cc(CCC(=O)OC(C)C(=O)c2ccc(CNC(C)=O)s2)cc(OC)c1OC. The number of thiophene rings is 1. The molecule has 1 amide bonds. The van der Waals surface area contributed by atoms with E-state index >= 15 is 0 Å². The molecule has 0 aliphatic rings. The topological polar surface area (TPSA) is 100 Å². The molecular formula is C22H27NO7S. The number of methoxy groups -OCH3 is 3. The van der Waals surface area contributed by atoms with Gasteiger partial charge in [-0.25, -0.2) is 0 Å². The third kappa shape index (κ3) is 6.71. The number of nitrogens with one attached hydrogen (secondary N) is 1. The molecule has 1 N–H and O–H groups in total. The molecule has 0 fully saturated rings. The van der Waals surface area contributed by atoms with Crippen molar-refractivity contribution in [1.82, 2.24) is 5.32 Å². The molecule has 2 aromatic rings. The van der Waals surface area contributed by atoms with Gasteiger partial charge in [-0.05, 0) is 43.2 Å². The number of rotatable bonds is 11. The zero-order valence-electron chi connectivity index (χ0n) is 18.3. The van der Waals surface area contributed by atoms with Gasteiger partial charge in [0.05, 0.1) is 32.8 Å². The Balaban J connectivity index is 1.93. The molecule has 0 aliphatic carbocycles. The molecule has 8 nitrogen and oxygen atoms in total. The fourth-order valence-electron chi connectivity index (χ4n) is 2.85. The van der Waals surface area contributed by atoms with E-state index in [9.17, 15) is 14.4 Å². The Labute approximate surface area is 185 Å². The van der Waals surface area contributed by atoms with Gasteiger partial charge in [-0.3, -0.25) is 14.4 Å². The van der Waals surface area contributed by atoms with Gasteiger partial charge in [-0.1, -0.05) is 0 Å². The average Bonchev–Trinajstić information content (AvgIpc) is 3.23. The zero-order chi connectivity index (χ0) is 23.0. The van der Waals surface area contributed by atoms with E-state index in [-0.39, 0.29) is 18.1 Å². The van der Waals surface area contributed by atoms with Crippen molar-refractivity contribution in [1.29, 1.82) is 0 Å². The molecule has 1 atom stereocenters. The molecule has 2 rings (SSSR count). The maximum absolute atomic E-state index is 12.5. The van der Waals surface area contributed by atoms with Crippen molar-refractivity contribution in [3.8, 4) is 17.2 Å². The maximum atomic E-state index is 12.5. The summed E-state index contributed by atoms with van der Waals surface area (Å²) in [6, 6.07) is 6.98. The minimum Gasteiger partial charge on any atom is -0.493 e. The summed E-state index contributed by atoms with van der Waals surface area (Å²) in [5, 5.41) is 2.68. The third-order valence-electron chi connectivity index (χ3n) is 4.44. The fraction of sp³-hybridized carbons (Fsp3) is 0.409. The Morgan fingerprint density at radius 1 is 1.03 bits per heavy atom. The van der Waals surface area contributed by atoms with Crippen LogP contribution in [0.5, 0.6) is 17.2 Å². The van der Waals surface area contributed by atoms with Crippen molar-refractivity contribution in [2.75, 3.05) is 21.3 Å². The largest absolute Gasteiger partial charge is 0.493 e. The van der Waals surface area contributed by atoms with Crippen molar-refractivity contribution in [2.24, 2.45) is 0 Å². The normalized spacial score (nSPS) is 11.4. The number of benzene rings is 1. The van der Waals surface area contributed by atoms with Gasteiger partial charge in [0.15, 0.2) is 17.6 Å². The van der Waals surface area contributed by atoms with Crippen molar-refractivity contribution >= 4 is 29.0 Å². The first-order valence-electron chi connectivity index (χ1n) is 9.64. The monoisotopic (exact) mass is 449 g/mol. The highest BCUT2D eigenvalue weighted by atomic mass is 32.1. The van der Waals surface area contributed by atoms with Crippen LogP contribution in [0.25, 0.3) is 0 Å². The van der Waals surface area contributed by atoms with E-state index in [2.05, 4.69) is 5.32 Å². The van der Waals surface area contributed by atoms with E-state index in [1.165, 1.54) is 39.6 Å². The van der Waals surface area contributed by atoms with Crippen LogP contribution in [-0.4, -0.2) is 45.1 Å². The second kappa shape index (κ2) is 11.4. The summed E-state index contributed by atoms with van der Waals surface area (Å²) in [4.78, 5) is 37.1. The number of aryl methyl sites for hydroxylation is 1. The zero-order valence-corrected chi connectivity index (χ0v) is 19.1. The van der Waals surface area contributed by atoms with Gasteiger partial charge in [-0.15, -0.1) is 11.3 Å². The third-order valence-corrected chi connectivity index (χ3v) is 5.54. The van der Waals surface area contributed by atoms with E-state index in [0.29, 0.717) is 35.1 Å². The predicted molar refractivity (Wildman–Crippen MR) is 116 cm³/mol. The lowest BCUT2D eigenvalue weighted by Gasteiger charge is -2.14. The first-order chi connectivity index (χ1) is 14.8. The molecule has 1 unspecified atom stereocenters.